The van der Waals surface area contributed by atoms with E-state index in [1.54, 1.807) is 36.9 Å². The van der Waals surface area contributed by atoms with Crippen molar-refractivity contribution in [2.24, 2.45) is 17.1 Å². The lowest BCUT2D eigenvalue weighted by Gasteiger charge is -2.42. The molecule has 0 spiro atoms. The number of nitrogens with two attached hydrogens (primary N) is 1. The molecule has 1 radical (unpaired) electrons. The van der Waals surface area contributed by atoms with Gasteiger partial charge in [0.25, 0.3) is 5.56 Å². The van der Waals surface area contributed by atoms with E-state index in [9.17, 15) is 42.9 Å². The minimum Gasteiger partial charge on any atom is -0.394 e. The Morgan fingerprint density at radius 2 is 1.58 bits per heavy atom. The van der Waals surface area contributed by atoms with Crippen LogP contribution < -0.4 is 21.5 Å². The Morgan fingerprint density at radius 3 is 2.02 bits per heavy atom. The van der Waals surface area contributed by atoms with Crippen LogP contribution in [0, 0.1) is 11.3 Å². The maximum Gasteiger partial charge on any atom is 0.393 e. The molecule has 1 heterocycles. The molecule has 0 bridgehead atoms. The summed E-state index contributed by atoms with van der Waals surface area (Å²) in [4.78, 5) is 40.7. The molecular formula is C30H44F3N4O7Si. The average Bonchev–Trinajstić information content (AvgIpc) is 2.91. The van der Waals surface area contributed by atoms with Crippen LogP contribution in [0.4, 0.5) is 23.7 Å². The fourth-order valence-corrected chi connectivity index (χ4v) is 7.65. The van der Waals surface area contributed by atoms with Gasteiger partial charge in [-0.25, -0.2) is 4.79 Å². The summed E-state index contributed by atoms with van der Waals surface area (Å²) in [5.41, 5.74) is 0.202. The Hall–Kier alpha value is -3.24. The molecule has 15 heteroatoms. The van der Waals surface area contributed by atoms with E-state index in [-0.39, 0.29) is 11.1 Å². The topological polar surface area (TPSA) is 167 Å². The predicted octanol–water partition coefficient (Wildman–Crippen LogP) is 3.22. The lowest BCUT2D eigenvalue weighted by Crippen LogP contribution is -2.63. The van der Waals surface area contributed by atoms with E-state index in [2.05, 4.69) is 5.32 Å². The molecule has 1 unspecified atom stereocenters. The number of aliphatic hydroxyl groups is 3. The number of anilines is 1. The van der Waals surface area contributed by atoms with Gasteiger partial charge in [-0.3, -0.25) is 19.1 Å². The maximum absolute atomic E-state index is 14.0. The molecule has 2 aromatic rings. The third-order valence-electron chi connectivity index (χ3n) is 7.23. The molecular weight excluding hydrogens is 613 g/mol. The first kappa shape index (κ1) is 37.9. The van der Waals surface area contributed by atoms with Crippen LogP contribution >= 0.6 is 0 Å². The van der Waals surface area contributed by atoms with Crippen molar-refractivity contribution in [3.63, 3.8) is 0 Å². The summed E-state index contributed by atoms with van der Waals surface area (Å²) in [7, 11) is -1.86. The summed E-state index contributed by atoms with van der Waals surface area (Å²) in [5, 5.41) is 32.3. The van der Waals surface area contributed by atoms with Gasteiger partial charge in [-0.1, -0.05) is 65.0 Å². The number of pyridine rings is 1. The Morgan fingerprint density at radius 1 is 1.02 bits per heavy atom. The second-order valence-electron chi connectivity index (χ2n) is 12.7. The van der Waals surface area contributed by atoms with E-state index in [1.165, 1.54) is 26.0 Å². The molecule has 0 saturated carbocycles. The molecule has 1 atom stereocenters. The smallest absolute Gasteiger partial charge is 0.393 e. The first-order chi connectivity index (χ1) is 20.7. The number of nitrogens with zero attached hydrogens (tertiary/aromatic N) is 2. The molecule has 11 nitrogen and oxygen atoms in total. The lowest BCUT2D eigenvalue weighted by molar-refractivity contribution is -0.189. The molecule has 45 heavy (non-hydrogen) atoms. The zero-order valence-electron chi connectivity index (χ0n) is 26.4. The number of aliphatic hydroxyl groups excluding tert-OH is 3. The van der Waals surface area contributed by atoms with Gasteiger partial charge >= 0.3 is 12.2 Å². The Balaban J connectivity index is 2.73. The molecule has 1 aromatic heterocycles. The molecule has 6 N–H and O–H groups in total. The van der Waals surface area contributed by atoms with Gasteiger partial charge < -0.3 is 30.8 Å². The van der Waals surface area contributed by atoms with Crippen molar-refractivity contribution in [3.05, 3.63) is 52.8 Å². The van der Waals surface area contributed by atoms with E-state index in [1.807, 2.05) is 20.8 Å². The molecule has 251 valence electrons. The number of carbonyl (C=O) groups is 2. The normalized spacial score (nSPS) is 14.0. The number of alkyl halides is 3. The highest BCUT2D eigenvalue weighted by Gasteiger charge is 2.48. The number of hydrogen-bond acceptors (Lipinski definition) is 7. The van der Waals surface area contributed by atoms with Crippen molar-refractivity contribution in [1.82, 2.24) is 9.88 Å². The number of nitrogens with one attached hydrogen (secondary N) is 1. The fraction of sp³-hybridized carbons (Fsp3) is 0.567. The van der Waals surface area contributed by atoms with Gasteiger partial charge in [0.05, 0.1) is 31.9 Å². The van der Waals surface area contributed by atoms with Gasteiger partial charge in [-0.15, -0.1) is 0 Å². The SMILES string of the molecule is CC(C)C(CC(F)(F)F)(NC(=O)Cn1c(-c2ccccc2)ccc(N(C(N)=O)C(CO)(CO)CO)c1=O)O[Si](C)CC(C)(C)C. The molecule has 2 rings (SSSR count). The Kier molecular flexibility index (Phi) is 12.6. The highest BCUT2D eigenvalue weighted by atomic mass is 28.3. The highest BCUT2D eigenvalue weighted by Crippen LogP contribution is 2.36. The molecule has 0 aliphatic heterocycles. The molecule has 0 aliphatic rings. The number of urea groups is 1. The van der Waals surface area contributed by atoms with Crippen LogP contribution in [0.1, 0.15) is 41.0 Å². The summed E-state index contributed by atoms with van der Waals surface area (Å²) in [6.45, 7) is 6.79. The van der Waals surface area contributed by atoms with Crippen LogP contribution in [-0.4, -0.2) is 78.1 Å². The predicted molar refractivity (Wildman–Crippen MR) is 166 cm³/mol. The highest BCUT2D eigenvalue weighted by molar-refractivity contribution is 6.50. The fourth-order valence-electron chi connectivity index (χ4n) is 5.11. The average molecular weight is 658 g/mol. The molecule has 0 fully saturated rings. The number of primary amides is 1. The van der Waals surface area contributed by atoms with Crippen LogP contribution in [0.25, 0.3) is 11.3 Å². The second kappa shape index (κ2) is 14.9. The van der Waals surface area contributed by atoms with Crippen LogP contribution in [0.15, 0.2) is 47.3 Å². The van der Waals surface area contributed by atoms with E-state index in [0.29, 0.717) is 16.5 Å². The summed E-state index contributed by atoms with van der Waals surface area (Å²) < 4.78 is 49.0. The number of carbonyl (C=O) groups excluding carboxylic acids is 2. The van der Waals surface area contributed by atoms with E-state index < -0.39 is 88.4 Å². The Bertz CT molecular complexity index is 1350. The monoisotopic (exact) mass is 657 g/mol. The quantitative estimate of drug-likeness (QED) is 0.154. The minimum atomic E-state index is -4.71. The number of halogens is 3. The number of hydrogen-bond donors (Lipinski definition) is 5. The minimum absolute atomic E-state index is 0.173. The van der Waals surface area contributed by atoms with E-state index in [0.717, 1.165) is 4.57 Å². The summed E-state index contributed by atoms with van der Waals surface area (Å²) in [6.07, 6.45) is -6.19. The third kappa shape index (κ3) is 9.62. The summed E-state index contributed by atoms with van der Waals surface area (Å²) >= 11 is 0. The van der Waals surface area contributed by atoms with Crippen molar-refractivity contribution in [2.45, 2.75) is 77.6 Å². The number of benzene rings is 1. The summed E-state index contributed by atoms with van der Waals surface area (Å²) in [6, 6.07) is 10.1. The number of aromatic nitrogens is 1. The van der Waals surface area contributed by atoms with Gasteiger partial charge in [0.2, 0.25) is 14.9 Å². The Labute approximate surface area is 262 Å². The van der Waals surface area contributed by atoms with Crippen molar-refractivity contribution >= 4 is 26.7 Å². The third-order valence-corrected chi connectivity index (χ3v) is 9.50. The van der Waals surface area contributed by atoms with Gasteiger partial charge in [0, 0.05) is 5.92 Å². The van der Waals surface area contributed by atoms with E-state index >= 15 is 0 Å². The van der Waals surface area contributed by atoms with E-state index in [4.69, 9.17) is 10.2 Å². The van der Waals surface area contributed by atoms with Crippen molar-refractivity contribution in [3.8, 4) is 11.3 Å². The van der Waals surface area contributed by atoms with Gasteiger partial charge in [-0.05, 0) is 35.7 Å². The van der Waals surface area contributed by atoms with Crippen molar-refractivity contribution in [1.29, 1.82) is 0 Å². The van der Waals surface area contributed by atoms with Crippen molar-refractivity contribution < 1.29 is 42.5 Å². The standard InChI is InChI=1S/C30H44F3N4O7Si/c1-20(2)29(15-30(31,32)33,44-45(6)19-27(3,4)5)35-24(41)14-36-22(21-10-8-7-9-11-21)12-13-23(25(36)42)37(26(34)43)28(16-38,17-39)18-40/h7-13,20,38-40H,14-19H2,1-6H3,(H2,34,43)(H,35,41). The lowest BCUT2D eigenvalue weighted by atomic mass is 9.95. The molecule has 0 saturated heterocycles. The summed E-state index contributed by atoms with van der Waals surface area (Å²) in [5.74, 6) is -1.80. The zero-order valence-corrected chi connectivity index (χ0v) is 27.4. The van der Waals surface area contributed by atoms with Crippen LogP contribution in [0.2, 0.25) is 12.6 Å². The number of amides is 3. The molecule has 1 aromatic carbocycles. The number of rotatable bonds is 14. The second-order valence-corrected chi connectivity index (χ2v) is 14.6. The van der Waals surface area contributed by atoms with Crippen LogP contribution in [0.5, 0.6) is 0 Å². The van der Waals surface area contributed by atoms with Crippen molar-refractivity contribution in [2.75, 3.05) is 24.7 Å². The molecule has 3 amide bonds. The van der Waals surface area contributed by atoms with Gasteiger partial charge in [0.1, 0.15) is 23.5 Å². The molecule has 0 aliphatic carbocycles. The first-order valence-electron chi connectivity index (χ1n) is 14.4. The van der Waals surface area contributed by atoms with Gasteiger partial charge in [-0.2, -0.15) is 13.2 Å². The zero-order chi connectivity index (χ0) is 34.4. The maximum atomic E-state index is 14.0. The van der Waals surface area contributed by atoms with Gasteiger partial charge in [0.15, 0.2) is 0 Å². The first-order valence-corrected chi connectivity index (χ1v) is 16.5. The van der Waals surface area contributed by atoms with Crippen LogP contribution in [-0.2, 0) is 15.8 Å². The largest absolute Gasteiger partial charge is 0.394 e. The van der Waals surface area contributed by atoms with Crippen LogP contribution in [0.3, 0.4) is 0 Å².